The van der Waals surface area contributed by atoms with Gasteiger partial charge in [-0.25, -0.2) is 0 Å². The fourth-order valence-corrected chi connectivity index (χ4v) is 5.44. The van der Waals surface area contributed by atoms with Crippen molar-refractivity contribution < 1.29 is 75.2 Å². The van der Waals surface area contributed by atoms with Crippen molar-refractivity contribution in [2.45, 2.75) is 61.0 Å². The van der Waals surface area contributed by atoms with Crippen molar-refractivity contribution in [3.8, 4) is 34.3 Å². The minimum Gasteiger partial charge on any atom is -0.507 e. The van der Waals surface area contributed by atoms with Crippen molar-refractivity contribution in [1.82, 2.24) is 0 Å². The fraction of sp³-hybridized carbons (Fsp3) is 0.444. The van der Waals surface area contributed by atoms with Crippen molar-refractivity contribution >= 4 is 11.0 Å². The molecule has 0 amide bonds. The van der Waals surface area contributed by atoms with Crippen LogP contribution in [-0.4, -0.2) is 123 Å². The largest absolute Gasteiger partial charge is 0.507 e. The molecule has 10 atom stereocenters. The molecule has 0 radical (unpaired) electrons. The molecule has 2 aliphatic rings. The maximum atomic E-state index is 13.5. The van der Waals surface area contributed by atoms with Crippen LogP contribution in [0.4, 0.5) is 0 Å². The summed E-state index contributed by atoms with van der Waals surface area (Å²) in [6, 6.07) is 4.26. The molecule has 0 spiro atoms. The van der Waals surface area contributed by atoms with E-state index < -0.39 is 125 Å². The van der Waals surface area contributed by atoms with Crippen molar-refractivity contribution in [3.63, 3.8) is 0 Å². The maximum Gasteiger partial charge on any atom is 0.197 e. The molecular formula is C27H30O16. The molecule has 2 aromatic carbocycles. The lowest BCUT2D eigenvalue weighted by Crippen LogP contribution is -2.55. The van der Waals surface area contributed by atoms with Crippen LogP contribution in [0.5, 0.6) is 23.0 Å². The lowest BCUT2D eigenvalue weighted by Gasteiger charge is -2.42. The number of ether oxygens (including phenoxy) is 2. The highest BCUT2D eigenvalue weighted by atomic mass is 16.6. The van der Waals surface area contributed by atoms with Gasteiger partial charge in [-0.15, -0.1) is 0 Å². The molecule has 0 unspecified atom stereocenters. The normalized spacial score (nSPS) is 33.1. The third kappa shape index (κ3) is 4.96. The van der Waals surface area contributed by atoms with Crippen LogP contribution in [0.25, 0.3) is 22.3 Å². The van der Waals surface area contributed by atoms with E-state index in [2.05, 4.69) is 0 Å². The average molecular weight is 611 g/mol. The molecule has 43 heavy (non-hydrogen) atoms. The first-order chi connectivity index (χ1) is 20.3. The zero-order chi connectivity index (χ0) is 31.5. The van der Waals surface area contributed by atoms with E-state index in [1.165, 1.54) is 6.07 Å². The Bertz CT molecular complexity index is 1570. The second kappa shape index (κ2) is 11.5. The zero-order valence-corrected chi connectivity index (χ0v) is 22.0. The van der Waals surface area contributed by atoms with Crippen molar-refractivity contribution in [1.29, 1.82) is 0 Å². The molecule has 3 aromatic rings. The summed E-state index contributed by atoms with van der Waals surface area (Å²) in [7, 11) is 0. The van der Waals surface area contributed by atoms with Crippen molar-refractivity contribution in [2.75, 3.05) is 13.2 Å². The van der Waals surface area contributed by atoms with Crippen LogP contribution in [0.1, 0.15) is 23.3 Å². The Morgan fingerprint density at radius 2 is 1.16 bits per heavy atom. The first-order valence-electron chi connectivity index (χ1n) is 13.0. The third-order valence-electron chi connectivity index (χ3n) is 7.81. The van der Waals surface area contributed by atoms with Crippen LogP contribution in [-0.2, 0) is 9.47 Å². The molecule has 2 fully saturated rings. The molecule has 1 aromatic heterocycles. The minimum absolute atomic E-state index is 0.0334. The Hall–Kier alpha value is -3.55. The second-order valence-corrected chi connectivity index (χ2v) is 10.4. The molecular weight excluding hydrogens is 580 g/mol. The van der Waals surface area contributed by atoms with Crippen molar-refractivity contribution in [2.24, 2.45) is 0 Å². The Kier molecular flexibility index (Phi) is 8.27. The van der Waals surface area contributed by atoms with Gasteiger partial charge >= 0.3 is 0 Å². The van der Waals surface area contributed by atoms with Gasteiger partial charge in [0.2, 0.25) is 0 Å². The topological polar surface area (TPSA) is 291 Å². The van der Waals surface area contributed by atoms with Crippen LogP contribution in [0.15, 0.2) is 33.5 Å². The highest BCUT2D eigenvalue weighted by molar-refractivity contribution is 5.92. The first-order valence-corrected chi connectivity index (χ1v) is 13.0. The first kappa shape index (κ1) is 30.9. The van der Waals surface area contributed by atoms with Gasteiger partial charge < -0.3 is 75.2 Å². The summed E-state index contributed by atoms with van der Waals surface area (Å²) in [5.41, 5.74) is -2.97. The summed E-state index contributed by atoms with van der Waals surface area (Å²) in [6.45, 7) is -1.75. The number of hydrogen-bond acceptors (Lipinski definition) is 16. The molecule has 5 rings (SSSR count). The van der Waals surface area contributed by atoms with Gasteiger partial charge in [-0.1, -0.05) is 0 Å². The Balaban J connectivity index is 1.82. The molecule has 0 bridgehead atoms. The number of hydrogen-bond donors (Lipinski definition) is 12. The predicted octanol–water partition coefficient (Wildman–Crippen LogP) is -2.69. The number of fused-ring (bicyclic) bond motifs is 1. The smallest absolute Gasteiger partial charge is 0.197 e. The van der Waals surface area contributed by atoms with Gasteiger partial charge in [-0.05, 0) is 18.2 Å². The Labute approximate surface area is 240 Å². The molecule has 2 aliphatic heterocycles. The van der Waals surface area contributed by atoms with Gasteiger partial charge in [0.1, 0.15) is 83.7 Å². The van der Waals surface area contributed by atoms with E-state index in [0.717, 1.165) is 18.2 Å². The molecule has 2 saturated heterocycles. The molecule has 0 aliphatic carbocycles. The van der Waals surface area contributed by atoms with Crippen molar-refractivity contribution in [3.05, 3.63) is 45.6 Å². The third-order valence-corrected chi connectivity index (χ3v) is 7.81. The van der Waals surface area contributed by atoms with Crippen LogP contribution >= 0.6 is 0 Å². The van der Waals surface area contributed by atoms with E-state index in [-0.39, 0.29) is 11.3 Å². The molecule has 12 N–H and O–H groups in total. The molecule has 234 valence electrons. The lowest BCUT2D eigenvalue weighted by atomic mass is 9.85. The number of phenols is 4. The van der Waals surface area contributed by atoms with Gasteiger partial charge in [0.05, 0.1) is 24.3 Å². The van der Waals surface area contributed by atoms with Crippen LogP contribution in [0.3, 0.4) is 0 Å². The number of rotatable bonds is 5. The summed E-state index contributed by atoms with van der Waals surface area (Å²) in [6.07, 6.45) is -18.5. The Morgan fingerprint density at radius 3 is 1.67 bits per heavy atom. The standard InChI is InChI=1S/C27H30O16/c28-5-12-17(33)21(37)23(39)26(42-12)15-19(35)14-10(32)4-11(7-1-2-8(30)9(31)3-7)41-25(14)16(20(15)36)27-24(40)22(38)18(34)13(6-29)43-27/h1-4,12-13,17-18,21-24,26-31,33-40H,5-6H2/t12-,13-,17-,18-,21+,22+,23-,24+,26+,27-/m1/s1. The lowest BCUT2D eigenvalue weighted by molar-refractivity contribution is -0.234. The number of aromatic hydroxyl groups is 4. The average Bonchev–Trinajstić information content (AvgIpc) is 2.98. The molecule has 16 nitrogen and oxygen atoms in total. The number of benzene rings is 2. The van der Waals surface area contributed by atoms with Crippen LogP contribution in [0.2, 0.25) is 0 Å². The summed E-state index contributed by atoms with van der Waals surface area (Å²) >= 11 is 0. The van der Waals surface area contributed by atoms with Gasteiger partial charge in [0.15, 0.2) is 22.5 Å². The SMILES string of the molecule is O=c1cc(-c2ccc(O)c(O)c2)oc2c([C@H]3O[C@H](CO)[C@@H](O)[C@H](O)[C@@H]3O)c(O)c([C@@H]3O[C@H](CO)[C@@H](O)[C@H](O)[C@H]3O)c(O)c12. The maximum absolute atomic E-state index is 13.5. The van der Waals surface area contributed by atoms with E-state index in [9.17, 15) is 66.1 Å². The summed E-state index contributed by atoms with van der Waals surface area (Å²) in [5.74, 6) is -3.43. The van der Waals surface area contributed by atoms with E-state index >= 15 is 0 Å². The number of phenolic OH excluding ortho intramolecular Hbond substituents is 4. The molecule has 0 saturated carbocycles. The molecule has 3 heterocycles. The van der Waals surface area contributed by atoms with Gasteiger partial charge in [0.25, 0.3) is 0 Å². The van der Waals surface area contributed by atoms with Crippen LogP contribution in [0, 0.1) is 0 Å². The quantitative estimate of drug-likeness (QED) is 0.131. The summed E-state index contributed by atoms with van der Waals surface area (Å²) < 4.78 is 16.9. The monoisotopic (exact) mass is 610 g/mol. The van der Waals surface area contributed by atoms with Gasteiger partial charge in [0, 0.05) is 11.6 Å². The fourth-order valence-electron chi connectivity index (χ4n) is 5.44. The highest BCUT2D eigenvalue weighted by Crippen LogP contribution is 2.51. The Morgan fingerprint density at radius 1 is 0.628 bits per heavy atom. The molecule has 16 heteroatoms. The summed E-state index contributed by atoms with van der Waals surface area (Å²) in [5, 5.41) is 124. The summed E-state index contributed by atoms with van der Waals surface area (Å²) in [4.78, 5) is 13.5. The van der Waals surface area contributed by atoms with E-state index in [1.54, 1.807) is 0 Å². The highest BCUT2D eigenvalue weighted by Gasteiger charge is 2.50. The van der Waals surface area contributed by atoms with E-state index in [0.29, 0.717) is 0 Å². The number of aliphatic hydroxyl groups excluding tert-OH is 8. The number of aliphatic hydroxyl groups is 8. The predicted molar refractivity (Wildman–Crippen MR) is 140 cm³/mol. The van der Waals surface area contributed by atoms with Crippen LogP contribution < -0.4 is 5.43 Å². The zero-order valence-electron chi connectivity index (χ0n) is 22.0. The van der Waals surface area contributed by atoms with E-state index in [4.69, 9.17) is 13.9 Å². The van der Waals surface area contributed by atoms with Gasteiger partial charge in [-0.3, -0.25) is 4.79 Å². The van der Waals surface area contributed by atoms with Gasteiger partial charge in [-0.2, -0.15) is 0 Å². The van der Waals surface area contributed by atoms with E-state index in [1.807, 2.05) is 0 Å². The second-order valence-electron chi connectivity index (χ2n) is 10.4. The minimum atomic E-state index is -2.05.